The first-order chi connectivity index (χ1) is 13.6. The topological polar surface area (TPSA) is 194 Å². The molecule has 166 valence electrons. The Labute approximate surface area is 174 Å². The highest BCUT2D eigenvalue weighted by Crippen LogP contribution is 2.10. The Kier molecular flexibility index (Phi) is 12.7. The van der Waals surface area contributed by atoms with Gasteiger partial charge in [0.1, 0.15) is 18.1 Å². The zero-order valence-corrected chi connectivity index (χ0v) is 17.7. The molecule has 0 aliphatic rings. The number of carbonyl (C=O) groups is 5. The average Bonchev–Trinajstić information content (AvgIpc) is 2.66. The molecule has 0 saturated heterocycles. The second-order valence-corrected chi connectivity index (χ2v) is 7.53. The Hall–Kier alpha value is -2.34. The molecule has 29 heavy (non-hydrogen) atoms. The number of nitrogens with two attached hydrogens (primary N) is 2. The predicted octanol–water partition coefficient (Wildman–Crippen LogP) is -1.84. The molecule has 0 aromatic heterocycles. The Morgan fingerprint density at radius 3 is 2.07 bits per heavy atom. The van der Waals surface area contributed by atoms with Gasteiger partial charge < -0.3 is 32.5 Å². The third-order valence-electron chi connectivity index (χ3n) is 4.26. The molecule has 4 unspecified atom stereocenters. The minimum absolute atomic E-state index is 0.222. The van der Waals surface area contributed by atoms with E-state index in [1.807, 2.05) is 6.26 Å². The Morgan fingerprint density at radius 1 is 1.03 bits per heavy atom. The number of nitrogens with one attached hydrogen (secondary N) is 3. The molecule has 0 fully saturated rings. The lowest BCUT2D eigenvalue weighted by Crippen LogP contribution is -2.57. The van der Waals surface area contributed by atoms with Gasteiger partial charge in [-0.3, -0.25) is 19.2 Å². The summed E-state index contributed by atoms with van der Waals surface area (Å²) in [6.45, 7) is 3.10. The lowest BCUT2D eigenvalue weighted by molar-refractivity contribution is -0.144. The van der Waals surface area contributed by atoms with Crippen LogP contribution in [-0.2, 0) is 24.0 Å². The Morgan fingerprint density at radius 2 is 1.62 bits per heavy atom. The molecule has 0 rings (SSSR count). The number of carboxylic acid groups (broad SMARTS) is 1. The molecule has 0 radical (unpaired) electrons. The number of thioether (sulfide) groups is 1. The van der Waals surface area contributed by atoms with Gasteiger partial charge in [0, 0.05) is 0 Å². The minimum atomic E-state index is -1.29. The second kappa shape index (κ2) is 13.8. The summed E-state index contributed by atoms with van der Waals surface area (Å²) in [5.41, 5.74) is 10.3. The summed E-state index contributed by atoms with van der Waals surface area (Å²) in [6, 6.07) is -3.46. The van der Waals surface area contributed by atoms with Gasteiger partial charge in [-0.25, -0.2) is 4.79 Å². The van der Waals surface area contributed by atoms with Gasteiger partial charge in [-0.05, 0) is 24.3 Å². The number of amides is 4. The average molecular weight is 434 g/mol. The SMILES string of the molecule is CCC(C)C(NC(=O)C(CCSC)NC(=O)C(CC(N)=O)NC(=O)CN)C(=O)O. The second-order valence-electron chi connectivity index (χ2n) is 6.55. The third-order valence-corrected chi connectivity index (χ3v) is 4.91. The van der Waals surface area contributed by atoms with Crippen LogP contribution in [0.15, 0.2) is 0 Å². The molecule has 0 heterocycles. The first-order valence-electron chi connectivity index (χ1n) is 9.17. The van der Waals surface area contributed by atoms with Crippen molar-refractivity contribution in [1.29, 1.82) is 0 Å². The minimum Gasteiger partial charge on any atom is -0.480 e. The summed E-state index contributed by atoms with van der Waals surface area (Å²) in [5, 5.41) is 16.6. The molecule has 0 bridgehead atoms. The molecule has 0 spiro atoms. The fraction of sp³-hybridized carbons (Fsp3) is 0.706. The van der Waals surface area contributed by atoms with Crippen LogP contribution in [0.4, 0.5) is 0 Å². The van der Waals surface area contributed by atoms with Gasteiger partial charge in [-0.1, -0.05) is 20.3 Å². The lowest BCUT2D eigenvalue weighted by atomic mass is 9.98. The van der Waals surface area contributed by atoms with Crippen LogP contribution in [0, 0.1) is 5.92 Å². The maximum absolute atomic E-state index is 12.6. The highest BCUT2D eigenvalue weighted by atomic mass is 32.2. The molecule has 0 saturated carbocycles. The summed E-state index contributed by atoms with van der Waals surface area (Å²) < 4.78 is 0. The summed E-state index contributed by atoms with van der Waals surface area (Å²) in [6.07, 6.45) is 2.09. The number of aliphatic carboxylic acids is 1. The Balaban J connectivity index is 5.38. The van der Waals surface area contributed by atoms with Gasteiger partial charge in [0.25, 0.3) is 0 Å². The van der Waals surface area contributed by atoms with Crippen LogP contribution < -0.4 is 27.4 Å². The van der Waals surface area contributed by atoms with Crippen molar-refractivity contribution in [2.45, 2.75) is 51.2 Å². The van der Waals surface area contributed by atoms with Crippen LogP contribution in [-0.4, -0.2) is 71.4 Å². The lowest BCUT2D eigenvalue weighted by Gasteiger charge is -2.25. The highest BCUT2D eigenvalue weighted by molar-refractivity contribution is 7.98. The predicted molar refractivity (Wildman–Crippen MR) is 109 cm³/mol. The number of primary amides is 1. The molecule has 12 heteroatoms. The molecule has 4 atom stereocenters. The van der Waals surface area contributed by atoms with Crippen molar-refractivity contribution in [1.82, 2.24) is 16.0 Å². The molecule has 11 nitrogen and oxygen atoms in total. The molecule has 8 N–H and O–H groups in total. The first kappa shape index (κ1) is 26.7. The van der Waals surface area contributed by atoms with E-state index in [0.717, 1.165) is 0 Å². The number of hydrogen-bond donors (Lipinski definition) is 6. The third kappa shape index (κ3) is 10.1. The first-order valence-corrected chi connectivity index (χ1v) is 10.6. The van der Waals surface area contributed by atoms with Crippen molar-refractivity contribution < 1.29 is 29.1 Å². The molecule has 0 aliphatic carbocycles. The molecule has 0 aliphatic heterocycles. The van der Waals surface area contributed by atoms with Gasteiger partial charge >= 0.3 is 5.97 Å². The van der Waals surface area contributed by atoms with Crippen molar-refractivity contribution in [2.24, 2.45) is 17.4 Å². The van der Waals surface area contributed by atoms with Crippen molar-refractivity contribution in [3.8, 4) is 0 Å². The summed E-state index contributed by atoms with van der Waals surface area (Å²) >= 11 is 1.44. The van der Waals surface area contributed by atoms with Crippen LogP contribution in [0.25, 0.3) is 0 Å². The van der Waals surface area contributed by atoms with E-state index >= 15 is 0 Å². The van der Waals surface area contributed by atoms with E-state index in [1.165, 1.54) is 11.8 Å². The molecule has 0 aromatic carbocycles. The van der Waals surface area contributed by atoms with Gasteiger partial charge in [0.15, 0.2) is 0 Å². The van der Waals surface area contributed by atoms with E-state index in [1.54, 1.807) is 13.8 Å². The van der Waals surface area contributed by atoms with Crippen molar-refractivity contribution in [3.63, 3.8) is 0 Å². The Bertz CT molecular complexity index is 603. The summed E-state index contributed by atoms with van der Waals surface area (Å²) in [5.74, 6) is -3.93. The smallest absolute Gasteiger partial charge is 0.326 e. The fourth-order valence-electron chi connectivity index (χ4n) is 2.38. The molecular formula is C17H31N5O6S. The van der Waals surface area contributed by atoms with Crippen LogP contribution in [0.5, 0.6) is 0 Å². The highest BCUT2D eigenvalue weighted by Gasteiger charge is 2.31. The molecular weight excluding hydrogens is 402 g/mol. The largest absolute Gasteiger partial charge is 0.480 e. The van der Waals surface area contributed by atoms with E-state index in [4.69, 9.17) is 11.5 Å². The summed E-state index contributed by atoms with van der Waals surface area (Å²) in [4.78, 5) is 59.4. The normalized spacial score (nSPS) is 14.8. The quantitative estimate of drug-likeness (QED) is 0.184. The van der Waals surface area contributed by atoms with Gasteiger partial charge in [0.05, 0.1) is 13.0 Å². The molecule has 4 amide bonds. The van der Waals surface area contributed by atoms with Crippen LogP contribution >= 0.6 is 11.8 Å². The number of carbonyl (C=O) groups excluding carboxylic acids is 4. The van der Waals surface area contributed by atoms with Crippen molar-refractivity contribution in [2.75, 3.05) is 18.6 Å². The standard InChI is InChI=1S/C17H31N5O6S/c1-4-9(2)14(17(27)28)22-15(25)10(5-6-29-3)21-16(26)11(7-12(19)23)20-13(24)8-18/h9-11,14H,4-8,18H2,1-3H3,(H2,19,23)(H,20,24)(H,21,26)(H,22,25)(H,27,28). The van der Waals surface area contributed by atoms with E-state index in [-0.39, 0.29) is 12.3 Å². The van der Waals surface area contributed by atoms with E-state index in [9.17, 15) is 29.1 Å². The maximum atomic E-state index is 12.6. The molecule has 0 aromatic rings. The number of hydrogen-bond acceptors (Lipinski definition) is 7. The number of rotatable bonds is 14. The van der Waals surface area contributed by atoms with Gasteiger partial charge in [-0.15, -0.1) is 0 Å². The van der Waals surface area contributed by atoms with Gasteiger partial charge in [0.2, 0.25) is 23.6 Å². The van der Waals surface area contributed by atoms with E-state index in [2.05, 4.69) is 16.0 Å². The fourth-order valence-corrected chi connectivity index (χ4v) is 2.85. The maximum Gasteiger partial charge on any atom is 0.326 e. The van der Waals surface area contributed by atoms with E-state index < -0.39 is 60.7 Å². The van der Waals surface area contributed by atoms with Crippen molar-refractivity contribution in [3.05, 3.63) is 0 Å². The van der Waals surface area contributed by atoms with Gasteiger partial charge in [-0.2, -0.15) is 11.8 Å². The van der Waals surface area contributed by atoms with Crippen LogP contribution in [0.3, 0.4) is 0 Å². The van der Waals surface area contributed by atoms with Crippen molar-refractivity contribution >= 4 is 41.4 Å². The monoisotopic (exact) mass is 433 g/mol. The van der Waals surface area contributed by atoms with E-state index in [0.29, 0.717) is 12.2 Å². The van der Waals surface area contributed by atoms with Crippen LogP contribution in [0.1, 0.15) is 33.1 Å². The van der Waals surface area contributed by atoms with Crippen LogP contribution in [0.2, 0.25) is 0 Å². The zero-order valence-electron chi connectivity index (χ0n) is 16.9. The zero-order chi connectivity index (χ0) is 22.6. The number of carboxylic acids is 1. The summed E-state index contributed by atoms with van der Waals surface area (Å²) in [7, 11) is 0.